The first-order valence-corrected chi connectivity index (χ1v) is 5.79. The molecular weight excluding hydrogens is 228 g/mol. The summed E-state index contributed by atoms with van der Waals surface area (Å²) < 4.78 is 0. The van der Waals surface area contributed by atoms with E-state index < -0.39 is 12.1 Å². The lowest BCUT2D eigenvalue weighted by Gasteiger charge is -2.27. The van der Waals surface area contributed by atoms with E-state index in [0.717, 1.165) is 35.8 Å². The SMILES string of the molecule is CC[O-].O=C(O)C1N(O)C2CCCCC2N1O. The minimum atomic E-state index is -1.30. The van der Waals surface area contributed by atoms with Crippen molar-refractivity contribution in [1.29, 1.82) is 0 Å². The number of fused-ring (bicyclic) bond motifs is 1. The second-order valence-corrected chi connectivity index (χ2v) is 4.18. The molecule has 1 aliphatic carbocycles. The highest BCUT2D eigenvalue weighted by Crippen LogP contribution is 2.33. The van der Waals surface area contributed by atoms with Gasteiger partial charge in [0.1, 0.15) is 0 Å². The van der Waals surface area contributed by atoms with Crippen molar-refractivity contribution >= 4 is 5.97 Å². The van der Waals surface area contributed by atoms with Crippen LogP contribution in [0, 0.1) is 0 Å². The van der Waals surface area contributed by atoms with Crippen molar-refractivity contribution in [3.05, 3.63) is 0 Å². The van der Waals surface area contributed by atoms with E-state index in [1.807, 2.05) is 0 Å². The molecule has 1 saturated carbocycles. The number of carboxylic acids is 1. The first kappa shape index (κ1) is 14.3. The maximum absolute atomic E-state index is 10.8. The number of hydroxylamine groups is 4. The lowest BCUT2D eigenvalue weighted by Crippen LogP contribution is -2.43. The van der Waals surface area contributed by atoms with Crippen LogP contribution in [0.1, 0.15) is 32.6 Å². The predicted molar refractivity (Wildman–Crippen MR) is 55.3 cm³/mol. The Hall–Kier alpha value is -0.730. The second-order valence-electron chi connectivity index (χ2n) is 4.18. The Morgan fingerprint density at radius 1 is 1.24 bits per heavy atom. The van der Waals surface area contributed by atoms with E-state index in [1.54, 1.807) is 6.92 Å². The molecule has 0 amide bonds. The van der Waals surface area contributed by atoms with Crippen molar-refractivity contribution in [3.63, 3.8) is 0 Å². The number of rotatable bonds is 1. The first-order valence-electron chi connectivity index (χ1n) is 5.79. The summed E-state index contributed by atoms with van der Waals surface area (Å²) in [4.78, 5) is 10.8. The molecule has 7 nitrogen and oxygen atoms in total. The van der Waals surface area contributed by atoms with Crippen molar-refractivity contribution < 1.29 is 25.4 Å². The largest absolute Gasteiger partial charge is 0.855 e. The van der Waals surface area contributed by atoms with E-state index in [2.05, 4.69) is 0 Å². The van der Waals surface area contributed by atoms with Crippen LogP contribution < -0.4 is 5.11 Å². The fourth-order valence-electron chi connectivity index (χ4n) is 2.42. The van der Waals surface area contributed by atoms with Crippen molar-refractivity contribution in [2.45, 2.75) is 50.9 Å². The molecule has 1 aliphatic heterocycles. The number of nitrogens with zero attached hydrogens (tertiary/aromatic N) is 2. The Bertz CT molecular complexity index is 245. The highest BCUT2D eigenvalue weighted by atomic mass is 16.6. The monoisotopic (exact) mass is 247 g/mol. The number of aliphatic carboxylic acids is 1. The van der Waals surface area contributed by atoms with Crippen LogP contribution in [0.5, 0.6) is 0 Å². The van der Waals surface area contributed by atoms with Gasteiger partial charge < -0.3 is 20.6 Å². The zero-order valence-corrected chi connectivity index (χ0v) is 9.82. The summed E-state index contributed by atoms with van der Waals surface area (Å²) in [5, 5.41) is 38.4. The molecule has 0 bridgehead atoms. The Morgan fingerprint density at radius 3 is 1.88 bits per heavy atom. The maximum Gasteiger partial charge on any atom is 0.340 e. The number of carbonyl (C=O) groups is 1. The van der Waals surface area contributed by atoms with Crippen LogP contribution in [-0.2, 0) is 4.79 Å². The van der Waals surface area contributed by atoms with Crippen LogP contribution in [0.2, 0.25) is 0 Å². The highest BCUT2D eigenvalue weighted by Gasteiger charge is 2.50. The summed E-state index contributed by atoms with van der Waals surface area (Å²) in [6.45, 7) is 1.57. The van der Waals surface area contributed by atoms with Crippen LogP contribution in [0.3, 0.4) is 0 Å². The average molecular weight is 247 g/mol. The number of hydrogen-bond donors (Lipinski definition) is 3. The standard InChI is InChI=1S/C8H14N2O4.C2H5O/c11-8(12)7-9(13)5-3-1-2-4-6(5)10(7)14;1-2-3/h5-7,13-14H,1-4H2,(H,11,12);2H2,1H3/q;-1. The van der Waals surface area contributed by atoms with E-state index >= 15 is 0 Å². The van der Waals surface area contributed by atoms with Gasteiger partial charge >= 0.3 is 5.97 Å². The molecular formula is C10H19N2O5-. The van der Waals surface area contributed by atoms with Gasteiger partial charge in [0.25, 0.3) is 0 Å². The van der Waals surface area contributed by atoms with Crippen molar-refractivity contribution in [2.75, 3.05) is 6.61 Å². The summed E-state index contributed by atoms with van der Waals surface area (Å²) in [5.74, 6) is -1.22. The molecule has 0 aromatic rings. The van der Waals surface area contributed by atoms with Crippen LogP contribution in [-0.4, -0.2) is 56.5 Å². The smallest absolute Gasteiger partial charge is 0.340 e. The predicted octanol–water partition coefficient (Wildman–Crippen LogP) is -0.529. The molecule has 100 valence electrons. The Labute approximate surface area is 99.8 Å². The van der Waals surface area contributed by atoms with E-state index in [4.69, 9.17) is 10.2 Å². The number of carboxylic acid groups (broad SMARTS) is 1. The molecule has 17 heavy (non-hydrogen) atoms. The van der Waals surface area contributed by atoms with Crippen molar-refractivity contribution in [2.24, 2.45) is 0 Å². The van der Waals surface area contributed by atoms with Gasteiger partial charge in [-0.3, -0.25) is 0 Å². The zero-order valence-electron chi connectivity index (χ0n) is 9.82. The number of hydrogen-bond acceptors (Lipinski definition) is 6. The maximum atomic E-state index is 10.8. The minimum Gasteiger partial charge on any atom is -0.855 e. The molecule has 2 aliphatic rings. The van der Waals surface area contributed by atoms with Gasteiger partial charge in [0, 0.05) is 0 Å². The molecule has 1 heterocycles. The summed E-state index contributed by atoms with van der Waals surface area (Å²) in [6.07, 6.45) is 2.11. The van der Waals surface area contributed by atoms with Gasteiger partial charge in [-0.25, -0.2) is 4.79 Å². The molecule has 2 atom stereocenters. The molecule has 0 aromatic heterocycles. The van der Waals surface area contributed by atoms with Gasteiger partial charge in [-0.05, 0) is 12.8 Å². The van der Waals surface area contributed by atoms with Crippen LogP contribution in [0.4, 0.5) is 0 Å². The van der Waals surface area contributed by atoms with E-state index in [9.17, 15) is 15.2 Å². The van der Waals surface area contributed by atoms with Gasteiger partial charge in [0.05, 0.1) is 12.1 Å². The fourth-order valence-corrected chi connectivity index (χ4v) is 2.42. The van der Waals surface area contributed by atoms with Gasteiger partial charge in [-0.15, -0.1) is 6.61 Å². The molecule has 3 N–H and O–H groups in total. The van der Waals surface area contributed by atoms with Crippen LogP contribution in [0.15, 0.2) is 0 Å². The minimum absolute atomic E-state index is 0. The van der Waals surface area contributed by atoms with Crippen LogP contribution >= 0.6 is 0 Å². The fraction of sp³-hybridized carbons (Fsp3) is 0.900. The third kappa shape index (κ3) is 2.93. The molecule has 0 spiro atoms. The van der Waals surface area contributed by atoms with Gasteiger partial charge in [-0.2, -0.15) is 10.1 Å². The van der Waals surface area contributed by atoms with Crippen molar-refractivity contribution in [1.82, 2.24) is 10.1 Å². The third-order valence-corrected chi connectivity index (χ3v) is 3.10. The van der Waals surface area contributed by atoms with Gasteiger partial charge in [0.2, 0.25) is 6.17 Å². The van der Waals surface area contributed by atoms with Gasteiger partial charge in [0.15, 0.2) is 0 Å². The highest BCUT2D eigenvalue weighted by molar-refractivity contribution is 5.73. The van der Waals surface area contributed by atoms with Crippen LogP contribution in [0.25, 0.3) is 0 Å². The Kier molecular flexibility index (Phi) is 5.29. The summed E-state index contributed by atoms with van der Waals surface area (Å²) >= 11 is 0. The molecule has 1 saturated heterocycles. The lowest BCUT2D eigenvalue weighted by atomic mass is 9.91. The second kappa shape index (κ2) is 6.27. The first-order chi connectivity index (χ1) is 8.04. The van der Waals surface area contributed by atoms with Gasteiger partial charge in [-0.1, -0.05) is 19.8 Å². The normalized spacial score (nSPS) is 33.8. The van der Waals surface area contributed by atoms with E-state index in [0.29, 0.717) is 0 Å². The van der Waals surface area contributed by atoms with E-state index in [-0.39, 0.29) is 18.7 Å². The molecule has 7 heteroatoms. The Balaban J connectivity index is 0.000000437. The summed E-state index contributed by atoms with van der Waals surface area (Å²) in [6, 6.07) is -0.482. The molecule has 2 fully saturated rings. The lowest BCUT2D eigenvalue weighted by molar-refractivity contribution is -0.361. The molecule has 2 unspecified atom stereocenters. The Morgan fingerprint density at radius 2 is 1.59 bits per heavy atom. The topological polar surface area (TPSA) is 107 Å². The third-order valence-electron chi connectivity index (χ3n) is 3.10. The van der Waals surface area contributed by atoms with Crippen molar-refractivity contribution in [3.8, 4) is 0 Å². The molecule has 2 rings (SSSR count). The molecule has 0 radical (unpaired) electrons. The van der Waals surface area contributed by atoms with E-state index in [1.165, 1.54) is 0 Å². The average Bonchev–Trinajstić information content (AvgIpc) is 2.53. The molecule has 0 aromatic carbocycles. The summed E-state index contributed by atoms with van der Waals surface area (Å²) in [7, 11) is 0. The zero-order chi connectivity index (χ0) is 13.0. The quantitative estimate of drug-likeness (QED) is 0.571. The summed E-state index contributed by atoms with van der Waals surface area (Å²) in [5.41, 5.74) is 0.